The van der Waals surface area contributed by atoms with Gasteiger partial charge in [-0.2, -0.15) is 13.2 Å². The van der Waals surface area contributed by atoms with Crippen LogP contribution in [-0.4, -0.2) is 42.2 Å². The van der Waals surface area contributed by atoms with Crippen LogP contribution in [0.3, 0.4) is 0 Å². The fourth-order valence-corrected chi connectivity index (χ4v) is 2.21. The molecule has 154 valence electrons. The van der Waals surface area contributed by atoms with Gasteiger partial charge in [-0.15, -0.1) is 24.0 Å². The van der Waals surface area contributed by atoms with Crippen LogP contribution in [-0.2, 0) is 12.6 Å². The van der Waals surface area contributed by atoms with Gasteiger partial charge in [0.05, 0.1) is 6.54 Å². The van der Waals surface area contributed by atoms with Gasteiger partial charge < -0.3 is 15.4 Å². The summed E-state index contributed by atoms with van der Waals surface area (Å²) < 4.78 is 43.9. The quantitative estimate of drug-likeness (QED) is 0.248. The van der Waals surface area contributed by atoms with Crippen LogP contribution >= 0.6 is 24.0 Å². The summed E-state index contributed by atoms with van der Waals surface area (Å²) >= 11 is 0. The van der Waals surface area contributed by atoms with Gasteiger partial charge in [0.1, 0.15) is 12.2 Å². The van der Waals surface area contributed by atoms with Crippen molar-refractivity contribution in [3.8, 4) is 5.88 Å². The van der Waals surface area contributed by atoms with E-state index in [2.05, 4.69) is 25.6 Å². The summed E-state index contributed by atoms with van der Waals surface area (Å²) in [5.74, 6) is 0.137. The Labute approximate surface area is 179 Å². The Hall–Kier alpha value is -2.11. The number of alkyl halides is 3. The number of pyridine rings is 2. The first kappa shape index (κ1) is 23.9. The maximum absolute atomic E-state index is 12.9. The van der Waals surface area contributed by atoms with E-state index in [1.54, 1.807) is 6.20 Å². The van der Waals surface area contributed by atoms with Crippen LogP contribution in [0.4, 0.5) is 13.2 Å². The van der Waals surface area contributed by atoms with Crippen molar-refractivity contribution < 1.29 is 17.9 Å². The van der Waals surface area contributed by atoms with E-state index in [1.807, 2.05) is 25.1 Å². The Kier molecular flexibility index (Phi) is 10.6. The number of rotatable bonds is 8. The van der Waals surface area contributed by atoms with Gasteiger partial charge in [0.25, 0.3) is 0 Å². The van der Waals surface area contributed by atoms with Gasteiger partial charge in [-0.3, -0.25) is 9.98 Å². The fourth-order valence-electron chi connectivity index (χ4n) is 2.21. The van der Waals surface area contributed by atoms with Crippen LogP contribution in [0.1, 0.15) is 18.2 Å². The maximum Gasteiger partial charge on any atom is 0.421 e. The zero-order valence-corrected chi connectivity index (χ0v) is 17.7. The summed E-state index contributed by atoms with van der Waals surface area (Å²) in [6.07, 6.45) is -0.816. The van der Waals surface area contributed by atoms with Crippen molar-refractivity contribution in [2.45, 2.75) is 19.5 Å². The van der Waals surface area contributed by atoms with Crippen molar-refractivity contribution >= 4 is 29.9 Å². The van der Waals surface area contributed by atoms with E-state index in [-0.39, 0.29) is 37.1 Å². The van der Waals surface area contributed by atoms with Gasteiger partial charge in [-0.1, -0.05) is 6.07 Å². The normalized spacial score (nSPS) is 11.5. The fraction of sp³-hybridized carbons (Fsp3) is 0.389. The lowest BCUT2D eigenvalue weighted by atomic mass is 10.2. The third kappa shape index (κ3) is 8.28. The third-order valence-electron chi connectivity index (χ3n) is 3.42. The van der Waals surface area contributed by atoms with Crippen molar-refractivity contribution in [1.82, 2.24) is 20.6 Å². The largest absolute Gasteiger partial charge is 0.475 e. The van der Waals surface area contributed by atoms with Crippen LogP contribution in [0.25, 0.3) is 0 Å². The van der Waals surface area contributed by atoms with E-state index in [1.165, 1.54) is 12.3 Å². The number of ether oxygens (including phenoxy) is 1. The average Bonchev–Trinajstić information content (AvgIpc) is 2.65. The number of hydrogen-bond acceptors (Lipinski definition) is 4. The molecule has 0 aliphatic carbocycles. The zero-order valence-electron chi connectivity index (χ0n) is 15.4. The predicted octanol–water partition coefficient (Wildman–Crippen LogP) is 3.29. The molecule has 0 atom stereocenters. The molecule has 0 aromatic carbocycles. The highest BCUT2D eigenvalue weighted by Gasteiger charge is 2.34. The van der Waals surface area contributed by atoms with E-state index in [4.69, 9.17) is 4.74 Å². The summed E-state index contributed by atoms with van der Waals surface area (Å²) in [6.45, 7) is 3.42. The molecule has 0 bridgehead atoms. The number of hydrogen-bond donors (Lipinski definition) is 2. The molecular formula is C18H23F3IN5O. The molecule has 0 unspecified atom stereocenters. The lowest BCUT2D eigenvalue weighted by molar-refractivity contribution is -0.139. The molecule has 2 aromatic heterocycles. The molecule has 6 nitrogen and oxygen atoms in total. The van der Waals surface area contributed by atoms with Gasteiger partial charge >= 0.3 is 6.18 Å². The van der Waals surface area contributed by atoms with Crippen LogP contribution in [0.15, 0.2) is 47.7 Å². The Balaban J connectivity index is 0.00000392. The van der Waals surface area contributed by atoms with Gasteiger partial charge in [0.15, 0.2) is 5.96 Å². The van der Waals surface area contributed by atoms with E-state index >= 15 is 0 Å². The molecule has 0 fully saturated rings. The highest BCUT2D eigenvalue weighted by molar-refractivity contribution is 14.0. The van der Waals surface area contributed by atoms with E-state index in [0.717, 1.165) is 11.8 Å². The lowest BCUT2D eigenvalue weighted by Gasteiger charge is -2.14. The highest BCUT2D eigenvalue weighted by Crippen LogP contribution is 2.34. The minimum absolute atomic E-state index is 0. The molecular weight excluding hydrogens is 486 g/mol. The Bertz CT molecular complexity index is 729. The Morgan fingerprint density at radius 2 is 1.89 bits per heavy atom. The average molecular weight is 509 g/mol. The first-order chi connectivity index (χ1) is 13.0. The minimum Gasteiger partial charge on any atom is -0.475 e. The zero-order chi connectivity index (χ0) is 19.5. The summed E-state index contributed by atoms with van der Waals surface area (Å²) in [5, 5.41) is 6.09. The van der Waals surface area contributed by atoms with Crippen LogP contribution in [0.5, 0.6) is 5.88 Å². The monoisotopic (exact) mass is 509 g/mol. The molecule has 2 N–H and O–H groups in total. The third-order valence-corrected chi connectivity index (χ3v) is 3.42. The second kappa shape index (κ2) is 12.4. The molecule has 0 aliphatic heterocycles. The van der Waals surface area contributed by atoms with Gasteiger partial charge in [-0.05, 0) is 31.2 Å². The van der Waals surface area contributed by atoms with Crippen molar-refractivity contribution in [2.24, 2.45) is 4.99 Å². The highest BCUT2D eigenvalue weighted by atomic mass is 127. The number of nitrogens with zero attached hydrogens (tertiary/aromatic N) is 3. The number of aromatic nitrogens is 2. The molecule has 0 saturated carbocycles. The molecule has 28 heavy (non-hydrogen) atoms. The van der Waals surface area contributed by atoms with E-state index in [9.17, 15) is 13.2 Å². The smallest absolute Gasteiger partial charge is 0.421 e. The van der Waals surface area contributed by atoms with Crippen molar-refractivity contribution in [3.63, 3.8) is 0 Å². The first-order valence-corrected chi connectivity index (χ1v) is 8.57. The number of guanidine groups is 1. The van der Waals surface area contributed by atoms with Crippen molar-refractivity contribution in [3.05, 3.63) is 54.0 Å². The number of aliphatic imine (C=N–C) groups is 1. The summed E-state index contributed by atoms with van der Waals surface area (Å²) in [7, 11) is 0. The molecule has 2 aromatic rings. The molecule has 2 rings (SSSR count). The predicted molar refractivity (Wildman–Crippen MR) is 112 cm³/mol. The molecule has 0 spiro atoms. The van der Waals surface area contributed by atoms with Crippen LogP contribution < -0.4 is 15.4 Å². The molecule has 0 amide bonds. The number of halogens is 4. The Morgan fingerprint density at radius 3 is 2.57 bits per heavy atom. The SMILES string of the molecule is CCNC(=NCCc1ccccn1)NCCOc1ncccc1C(F)(F)F.I. The molecule has 0 radical (unpaired) electrons. The summed E-state index contributed by atoms with van der Waals surface area (Å²) in [5.41, 5.74) is 0.0520. The summed E-state index contributed by atoms with van der Waals surface area (Å²) in [6, 6.07) is 7.86. The second-order valence-corrected chi connectivity index (χ2v) is 5.46. The Morgan fingerprint density at radius 1 is 1.11 bits per heavy atom. The second-order valence-electron chi connectivity index (χ2n) is 5.46. The van der Waals surface area contributed by atoms with Gasteiger partial charge in [-0.25, -0.2) is 4.98 Å². The van der Waals surface area contributed by atoms with Gasteiger partial charge in [0, 0.05) is 37.6 Å². The van der Waals surface area contributed by atoms with Crippen LogP contribution in [0.2, 0.25) is 0 Å². The van der Waals surface area contributed by atoms with Crippen molar-refractivity contribution in [1.29, 1.82) is 0 Å². The molecule has 0 aliphatic rings. The molecule has 2 heterocycles. The van der Waals surface area contributed by atoms with Crippen LogP contribution in [0, 0.1) is 0 Å². The molecule has 0 saturated heterocycles. The first-order valence-electron chi connectivity index (χ1n) is 8.57. The summed E-state index contributed by atoms with van der Waals surface area (Å²) in [4.78, 5) is 12.3. The number of nitrogens with one attached hydrogen (secondary N) is 2. The van der Waals surface area contributed by atoms with E-state index < -0.39 is 17.6 Å². The standard InChI is InChI=1S/C18H22F3N5O.HI/c1-2-22-17(25-11-8-14-6-3-4-9-23-14)26-12-13-27-16-15(18(19,20)21)7-5-10-24-16;/h3-7,9-10H,2,8,11-13H2,1H3,(H2,22,25,26);1H. The minimum atomic E-state index is -4.50. The maximum atomic E-state index is 12.9. The lowest BCUT2D eigenvalue weighted by Crippen LogP contribution is -2.39. The topological polar surface area (TPSA) is 71.4 Å². The molecule has 10 heteroatoms. The van der Waals surface area contributed by atoms with Gasteiger partial charge in [0.2, 0.25) is 5.88 Å². The van der Waals surface area contributed by atoms with Crippen molar-refractivity contribution in [2.75, 3.05) is 26.2 Å². The van der Waals surface area contributed by atoms with E-state index in [0.29, 0.717) is 25.5 Å².